The molecule has 0 radical (unpaired) electrons. The number of aromatic nitrogens is 2. The Morgan fingerprint density at radius 2 is 2.05 bits per heavy atom. The molecule has 100 valence electrons. The quantitative estimate of drug-likeness (QED) is 0.915. The molecule has 1 N–H and O–H groups in total. The Bertz CT molecular complexity index is 553. The third kappa shape index (κ3) is 4.10. The lowest BCUT2D eigenvalue weighted by Gasteiger charge is -2.01. The predicted molar refractivity (Wildman–Crippen MR) is 72.6 cm³/mol. The topological polar surface area (TPSA) is 54.9 Å². The molecular formula is C13H14FN3OS. The smallest absolute Gasteiger partial charge is 0.230 e. The molecule has 1 aromatic heterocycles. The number of nitrogens with zero attached hydrogens (tertiary/aromatic N) is 2. The van der Waals surface area contributed by atoms with Gasteiger partial charge in [0.05, 0.1) is 6.42 Å². The Morgan fingerprint density at radius 3 is 2.74 bits per heavy atom. The Labute approximate surface area is 114 Å². The summed E-state index contributed by atoms with van der Waals surface area (Å²) in [5.74, 6) is -0.483. The number of aryl methyl sites for hydroxylation is 1. The van der Waals surface area contributed by atoms with E-state index in [1.807, 2.05) is 0 Å². The van der Waals surface area contributed by atoms with Crippen molar-refractivity contribution < 1.29 is 9.18 Å². The van der Waals surface area contributed by atoms with Crippen LogP contribution in [0.15, 0.2) is 24.3 Å². The van der Waals surface area contributed by atoms with Crippen molar-refractivity contribution in [3.63, 3.8) is 0 Å². The Kier molecular flexibility index (Phi) is 4.57. The highest BCUT2D eigenvalue weighted by molar-refractivity contribution is 7.15. The van der Waals surface area contributed by atoms with Crippen LogP contribution in [0.3, 0.4) is 0 Å². The molecule has 0 aliphatic heterocycles. The molecule has 0 unspecified atom stereocenters. The van der Waals surface area contributed by atoms with Gasteiger partial charge in [-0.2, -0.15) is 0 Å². The van der Waals surface area contributed by atoms with Crippen molar-refractivity contribution in [1.29, 1.82) is 0 Å². The summed E-state index contributed by atoms with van der Waals surface area (Å²) in [7, 11) is 0. The van der Waals surface area contributed by atoms with Crippen LogP contribution in [-0.4, -0.2) is 16.1 Å². The zero-order chi connectivity index (χ0) is 13.7. The van der Waals surface area contributed by atoms with Crippen LogP contribution in [0.2, 0.25) is 0 Å². The minimum Gasteiger partial charge on any atom is -0.300 e. The van der Waals surface area contributed by atoms with E-state index in [0.29, 0.717) is 5.13 Å². The van der Waals surface area contributed by atoms with Gasteiger partial charge in [0.15, 0.2) is 0 Å². The molecule has 0 saturated carbocycles. The van der Waals surface area contributed by atoms with Crippen LogP contribution in [0.5, 0.6) is 0 Å². The molecule has 19 heavy (non-hydrogen) atoms. The van der Waals surface area contributed by atoms with Gasteiger partial charge in [0, 0.05) is 6.42 Å². The second kappa shape index (κ2) is 6.38. The van der Waals surface area contributed by atoms with Gasteiger partial charge in [-0.15, -0.1) is 10.2 Å². The number of anilines is 1. The van der Waals surface area contributed by atoms with Crippen LogP contribution >= 0.6 is 11.3 Å². The van der Waals surface area contributed by atoms with Crippen molar-refractivity contribution in [2.75, 3.05) is 5.32 Å². The van der Waals surface area contributed by atoms with Crippen LogP contribution in [-0.2, 0) is 17.6 Å². The maximum absolute atomic E-state index is 12.7. The van der Waals surface area contributed by atoms with E-state index in [1.54, 1.807) is 12.1 Å². The fourth-order valence-electron chi connectivity index (χ4n) is 1.57. The first-order valence-corrected chi connectivity index (χ1v) is 6.85. The lowest BCUT2D eigenvalue weighted by molar-refractivity contribution is -0.115. The number of amides is 1. The number of nitrogens with one attached hydrogen (secondary N) is 1. The maximum Gasteiger partial charge on any atom is 0.230 e. The average Bonchev–Trinajstić information content (AvgIpc) is 2.80. The van der Waals surface area contributed by atoms with Crippen LogP contribution in [0.25, 0.3) is 0 Å². The van der Waals surface area contributed by atoms with E-state index in [1.165, 1.54) is 23.5 Å². The van der Waals surface area contributed by atoms with E-state index in [0.717, 1.165) is 23.4 Å². The molecule has 1 heterocycles. The van der Waals surface area contributed by atoms with Crippen molar-refractivity contribution in [3.8, 4) is 0 Å². The standard InChI is InChI=1S/C13H14FN3OS/c1-2-3-12-16-17-13(19-12)15-11(18)8-9-4-6-10(14)7-5-9/h4-7H,2-3,8H2,1H3,(H,15,17,18). The summed E-state index contributed by atoms with van der Waals surface area (Å²) in [6.07, 6.45) is 2.06. The second-order valence-electron chi connectivity index (χ2n) is 4.10. The van der Waals surface area contributed by atoms with Gasteiger partial charge in [-0.3, -0.25) is 4.79 Å². The molecule has 0 aliphatic rings. The van der Waals surface area contributed by atoms with Gasteiger partial charge in [0.1, 0.15) is 10.8 Å². The first-order valence-electron chi connectivity index (χ1n) is 6.04. The number of rotatable bonds is 5. The fourth-order valence-corrected chi connectivity index (χ4v) is 2.43. The van der Waals surface area contributed by atoms with E-state index in [9.17, 15) is 9.18 Å². The SMILES string of the molecule is CCCc1nnc(NC(=O)Cc2ccc(F)cc2)s1. The molecule has 0 aliphatic carbocycles. The van der Waals surface area contributed by atoms with Crippen LogP contribution in [0.4, 0.5) is 9.52 Å². The number of hydrogen-bond acceptors (Lipinski definition) is 4. The van der Waals surface area contributed by atoms with Crippen LogP contribution < -0.4 is 5.32 Å². The largest absolute Gasteiger partial charge is 0.300 e. The number of carbonyl (C=O) groups is 1. The highest BCUT2D eigenvalue weighted by Crippen LogP contribution is 2.16. The van der Waals surface area contributed by atoms with E-state index >= 15 is 0 Å². The van der Waals surface area contributed by atoms with Gasteiger partial charge in [0.2, 0.25) is 11.0 Å². The molecule has 1 aromatic carbocycles. The summed E-state index contributed by atoms with van der Waals surface area (Å²) in [6.45, 7) is 2.06. The Balaban J connectivity index is 1.91. The molecule has 2 rings (SSSR count). The van der Waals surface area contributed by atoms with Gasteiger partial charge >= 0.3 is 0 Å². The summed E-state index contributed by atoms with van der Waals surface area (Å²) in [4.78, 5) is 11.8. The summed E-state index contributed by atoms with van der Waals surface area (Å²) in [6, 6.07) is 5.87. The fraction of sp³-hybridized carbons (Fsp3) is 0.308. The monoisotopic (exact) mass is 279 g/mol. The number of hydrogen-bond donors (Lipinski definition) is 1. The minimum absolute atomic E-state index is 0.175. The lowest BCUT2D eigenvalue weighted by Crippen LogP contribution is -2.14. The van der Waals surface area contributed by atoms with Crippen molar-refractivity contribution in [1.82, 2.24) is 10.2 Å². The normalized spacial score (nSPS) is 10.4. The first kappa shape index (κ1) is 13.6. The van der Waals surface area contributed by atoms with E-state index in [2.05, 4.69) is 22.4 Å². The van der Waals surface area contributed by atoms with Gasteiger partial charge in [0.25, 0.3) is 0 Å². The molecular weight excluding hydrogens is 265 g/mol. The van der Waals surface area contributed by atoms with Crippen LogP contribution in [0, 0.1) is 5.82 Å². The van der Waals surface area contributed by atoms with Crippen molar-refractivity contribution in [2.24, 2.45) is 0 Å². The molecule has 0 bridgehead atoms. The van der Waals surface area contributed by atoms with Crippen molar-refractivity contribution in [3.05, 3.63) is 40.7 Å². The van der Waals surface area contributed by atoms with Gasteiger partial charge in [-0.25, -0.2) is 4.39 Å². The van der Waals surface area contributed by atoms with E-state index in [-0.39, 0.29) is 18.1 Å². The zero-order valence-electron chi connectivity index (χ0n) is 10.5. The molecule has 4 nitrogen and oxygen atoms in total. The third-order valence-corrected chi connectivity index (χ3v) is 3.35. The summed E-state index contributed by atoms with van der Waals surface area (Å²) >= 11 is 1.38. The van der Waals surface area contributed by atoms with Gasteiger partial charge < -0.3 is 5.32 Å². The first-order chi connectivity index (χ1) is 9.17. The maximum atomic E-state index is 12.7. The lowest BCUT2D eigenvalue weighted by atomic mass is 10.1. The summed E-state index contributed by atoms with van der Waals surface area (Å²) in [5, 5.41) is 12.0. The van der Waals surface area contributed by atoms with Gasteiger partial charge in [-0.05, 0) is 24.1 Å². The molecule has 6 heteroatoms. The van der Waals surface area contributed by atoms with E-state index < -0.39 is 0 Å². The third-order valence-electron chi connectivity index (χ3n) is 2.46. The summed E-state index contributed by atoms with van der Waals surface area (Å²) in [5.41, 5.74) is 0.761. The Morgan fingerprint density at radius 1 is 1.32 bits per heavy atom. The Hall–Kier alpha value is -1.82. The predicted octanol–water partition coefficient (Wildman–Crippen LogP) is 2.81. The van der Waals surface area contributed by atoms with Crippen molar-refractivity contribution >= 4 is 22.4 Å². The molecule has 1 amide bonds. The van der Waals surface area contributed by atoms with Crippen LogP contribution in [0.1, 0.15) is 23.9 Å². The summed E-state index contributed by atoms with van der Waals surface area (Å²) < 4.78 is 12.7. The van der Waals surface area contributed by atoms with E-state index in [4.69, 9.17) is 0 Å². The molecule has 0 spiro atoms. The number of benzene rings is 1. The van der Waals surface area contributed by atoms with Crippen molar-refractivity contribution in [2.45, 2.75) is 26.2 Å². The highest BCUT2D eigenvalue weighted by Gasteiger charge is 2.08. The number of carbonyl (C=O) groups excluding carboxylic acids is 1. The average molecular weight is 279 g/mol. The molecule has 0 fully saturated rings. The molecule has 2 aromatic rings. The molecule has 0 atom stereocenters. The second-order valence-corrected chi connectivity index (χ2v) is 5.16. The highest BCUT2D eigenvalue weighted by atomic mass is 32.1. The zero-order valence-corrected chi connectivity index (χ0v) is 11.3. The van der Waals surface area contributed by atoms with Gasteiger partial charge in [-0.1, -0.05) is 30.4 Å². The molecule has 0 saturated heterocycles. The minimum atomic E-state index is -0.308. The number of halogens is 1.